The summed E-state index contributed by atoms with van der Waals surface area (Å²) in [5.74, 6) is 0.567. The summed E-state index contributed by atoms with van der Waals surface area (Å²) in [5, 5.41) is 2.91. The Morgan fingerprint density at radius 1 is 0.935 bits per heavy atom. The number of hydrogen-bond acceptors (Lipinski definition) is 6. The third kappa shape index (κ3) is 4.02. The van der Waals surface area contributed by atoms with E-state index >= 15 is 0 Å². The normalized spacial score (nSPS) is 15.2. The number of urea groups is 1. The molecule has 0 radical (unpaired) electrons. The van der Waals surface area contributed by atoms with E-state index in [2.05, 4.69) is 20.3 Å². The highest BCUT2D eigenvalue weighted by Gasteiger charge is 2.33. The Balaban J connectivity index is 1.10. The zero-order valence-corrected chi connectivity index (χ0v) is 16.6. The van der Waals surface area contributed by atoms with Crippen LogP contribution < -0.4 is 10.1 Å². The number of fused-ring (bicyclic) bond motifs is 1. The molecule has 9 nitrogen and oxygen atoms in total. The minimum atomic E-state index is -0.150. The van der Waals surface area contributed by atoms with E-state index < -0.39 is 0 Å². The lowest BCUT2D eigenvalue weighted by Crippen LogP contribution is -2.56. The van der Waals surface area contributed by atoms with E-state index in [0.29, 0.717) is 43.3 Å². The first-order chi connectivity index (χ1) is 15.2. The van der Waals surface area contributed by atoms with Crippen molar-refractivity contribution in [3.05, 3.63) is 78.1 Å². The van der Waals surface area contributed by atoms with Crippen LogP contribution in [0.1, 0.15) is 21.6 Å². The van der Waals surface area contributed by atoms with Gasteiger partial charge in [-0.05, 0) is 47.5 Å². The number of amides is 3. The molecule has 0 bridgehead atoms. The van der Waals surface area contributed by atoms with Gasteiger partial charge in [-0.1, -0.05) is 0 Å². The van der Waals surface area contributed by atoms with E-state index in [9.17, 15) is 9.59 Å². The van der Waals surface area contributed by atoms with Crippen LogP contribution in [-0.2, 0) is 13.1 Å². The highest BCUT2D eigenvalue weighted by atomic mass is 16.5. The van der Waals surface area contributed by atoms with Crippen molar-refractivity contribution >= 4 is 17.6 Å². The maximum atomic E-state index is 12.5. The molecule has 5 rings (SSSR count). The molecule has 2 aliphatic rings. The van der Waals surface area contributed by atoms with E-state index in [4.69, 9.17) is 4.74 Å². The monoisotopic (exact) mass is 416 g/mol. The van der Waals surface area contributed by atoms with Gasteiger partial charge in [0.2, 0.25) is 0 Å². The lowest BCUT2D eigenvalue weighted by Gasteiger charge is -2.38. The van der Waals surface area contributed by atoms with Gasteiger partial charge in [-0.2, -0.15) is 0 Å². The third-order valence-electron chi connectivity index (χ3n) is 5.36. The first kappa shape index (κ1) is 19.0. The number of ether oxygens (including phenoxy) is 1. The maximum Gasteiger partial charge on any atom is 0.322 e. The molecule has 0 unspecified atom stereocenters. The molecule has 9 heteroatoms. The summed E-state index contributed by atoms with van der Waals surface area (Å²) in [5.41, 5.74) is 3.28. The van der Waals surface area contributed by atoms with Crippen LogP contribution in [0.5, 0.6) is 5.75 Å². The average molecular weight is 416 g/mol. The number of anilines is 1. The van der Waals surface area contributed by atoms with Gasteiger partial charge in [0.05, 0.1) is 13.1 Å². The van der Waals surface area contributed by atoms with Crippen molar-refractivity contribution < 1.29 is 14.3 Å². The van der Waals surface area contributed by atoms with E-state index in [1.54, 1.807) is 46.6 Å². The Labute approximate surface area is 178 Å². The second-order valence-electron chi connectivity index (χ2n) is 7.50. The lowest BCUT2D eigenvalue weighted by molar-refractivity contribution is 0.0173. The van der Waals surface area contributed by atoms with Crippen LogP contribution in [0.15, 0.2) is 61.3 Å². The van der Waals surface area contributed by atoms with Gasteiger partial charge >= 0.3 is 6.03 Å². The molecule has 4 heterocycles. The molecule has 1 saturated heterocycles. The van der Waals surface area contributed by atoms with Gasteiger partial charge in [0.15, 0.2) is 0 Å². The molecule has 0 saturated carbocycles. The number of hydrogen-bond donors (Lipinski definition) is 1. The molecule has 1 N–H and O–H groups in total. The minimum absolute atomic E-state index is 0.0667. The van der Waals surface area contributed by atoms with Crippen LogP contribution >= 0.6 is 0 Å². The van der Waals surface area contributed by atoms with Gasteiger partial charge in [-0.25, -0.2) is 14.8 Å². The molecule has 0 spiro atoms. The molecule has 1 aromatic carbocycles. The second kappa shape index (κ2) is 8.02. The van der Waals surface area contributed by atoms with Crippen molar-refractivity contribution in [1.82, 2.24) is 24.8 Å². The Kier molecular flexibility index (Phi) is 4.91. The SMILES string of the molecule is O=C(Nc1ccc(OC2CN(C(=O)c3ccncn3)C2)cc1)N1Cc2ccncc2C1. The summed E-state index contributed by atoms with van der Waals surface area (Å²) >= 11 is 0. The number of carbonyl (C=O) groups is 2. The predicted octanol–water partition coefficient (Wildman–Crippen LogP) is 2.32. The molecule has 2 aliphatic heterocycles. The number of pyridine rings is 1. The van der Waals surface area contributed by atoms with Crippen LogP contribution in [0.2, 0.25) is 0 Å². The Hall–Kier alpha value is -4.01. The third-order valence-corrected chi connectivity index (χ3v) is 5.36. The summed E-state index contributed by atoms with van der Waals surface area (Å²) in [4.78, 5) is 40.2. The first-order valence-corrected chi connectivity index (χ1v) is 9.95. The Morgan fingerprint density at radius 2 is 1.71 bits per heavy atom. The lowest BCUT2D eigenvalue weighted by atomic mass is 10.1. The number of carbonyl (C=O) groups excluding carboxylic acids is 2. The fraction of sp³-hybridized carbons (Fsp3) is 0.227. The van der Waals surface area contributed by atoms with Crippen LogP contribution in [0, 0.1) is 0 Å². The summed E-state index contributed by atoms with van der Waals surface area (Å²) in [6.07, 6.45) is 6.39. The average Bonchev–Trinajstić information content (AvgIpc) is 3.22. The first-order valence-electron chi connectivity index (χ1n) is 9.95. The van der Waals surface area contributed by atoms with Crippen LogP contribution in [0.4, 0.5) is 10.5 Å². The van der Waals surface area contributed by atoms with Crippen molar-refractivity contribution in [1.29, 1.82) is 0 Å². The number of rotatable bonds is 4. The molecule has 156 valence electrons. The van der Waals surface area contributed by atoms with Crippen LogP contribution in [0.3, 0.4) is 0 Å². The molecular weight excluding hydrogens is 396 g/mol. The van der Waals surface area contributed by atoms with Gasteiger partial charge < -0.3 is 19.9 Å². The van der Waals surface area contributed by atoms with Gasteiger partial charge in [0.1, 0.15) is 23.9 Å². The summed E-state index contributed by atoms with van der Waals surface area (Å²) in [6.45, 7) is 2.15. The molecule has 2 aromatic heterocycles. The Bertz CT molecular complexity index is 1070. The zero-order chi connectivity index (χ0) is 21.2. The van der Waals surface area contributed by atoms with Gasteiger partial charge in [-0.15, -0.1) is 0 Å². The minimum Gasteiger partial charge on any atom is -0.487 e. The molecule has 31 heavy (non-hydrogen) atoms. The highest BCUT2D eigenvalue weighted by Crippen LogP contribution is 2.24. The molecule has 0 aliphatic carbocycles. The van der Waals surface area contributed by atoms with E-state index in [-0.39, 0.29) is 18.0 Å². The molecule has 1 fully saturated rings. The van der Waals surface area contributed by atoms with Crippen molar-refractivity contribution in [2.75, 3.05) is 18.4 Å². The van der Waals surface area contributed by atoms with E-state index in [1.165, 1.54) is 6.33 Å². The quantitative estimate of drug-likeness (QED) is 0.701. The van der Waals surface area contributed by atoms with Crippen molar-refractivity contribution in [2.45, 2.75) is 19.2 Å². The number of likely N-dealkylation sites (tertiary alicyclic amines) is 1. The van der Waals surface area contributed by atoms with Gasteiger partial charge in [0.25, 0.3) is 5.91 Å². The maximum absolute atomic E-state index is 12.5. The van der Waals surface area contributed by atoms with Gasteiger partial charge in [-0.3, -0.25) is 9.78 Å². The fourth-order valence-corrected chi connectivity index (χ4v) is 3.63. The summed E-state index contributed by atoms with van der Waals surface area (Å²) in [6, 6.07) is 10.6. The van der Waals surface area contributed by atoms with E-state index in [0.717, 1.165) is 11.1 Å². The van der Waals surface area contributed by atoms with Crippen molar-refractivity contribution in [3.63, 3.8) is 0 Å². The standard InChI is InChI=1S/C22H20N6O3/c29-21(20-6-8-24-14-25-20)27-12-19(13-27)31-18-3-1-17(2-4-18)26-22(30)28-10-15-5-7-23-9-16(15)11-28/h1-9,14,19H,10-13H2,(H,26,30). The topological polar surface area (TPSA) is 101 Å². The molecule has 0 atom stereocenters. The molecule has 3 amide bonds. The van der Waals surface area contributed by atoms with Crippen LogP contribution in [-0.4, -0.2) is 55.9 Å². The summed E-state index contributed by atoms with van der Waals surface area (Å²) < 4.78 is 5.91. The number of benzene rings is 1. The van der Waals surface area contributed by atoms with Crippen molar-refractivity contribution in [2.24, 2.45) is 0 Å². The zero-order valence-electron chi connectivity index (χ0n) is 16.6. The van der Waals surface area contributed by atoms with Gasteiger partial charge in [0, 0.05) is 37.4 Å². The van der Waals surface area contributed by atoms with Crippen molar-refractivity contribution in [3.8, 4) is 5.75 Å². The Morgan fingerprint density at radius 3 is 2.45 bits per heavy atom. The van der Waals surface area contributed by atoms with E-state index in [1.807, 2.05) is 18.2 Å². The largest absolute Gasteiger partial charge is 0.487 e. The second-order valence-corrected chi connectivity index (χ2v) is 7.50. The molecular formula is C22H20N6O3. The highest BCUT2D eigenvalue weighted by molar-refractivity contribution is 5.92. The smallest absolute Gasteiger partial charge is 0.322 e. The summed E-state index contributed by atoms with van der Waals surface area (Å²) in [7, 11) is 0. The van der Waals surface area contributed by atoms with Crippen LogP contribution in [0.25, 0.3) is 0 Å². The number of nitrogens with zero attached hydrogens (tertiary/aromatic N) is 5. The molecule has 3 aromatic rings. The number of nitrogens with one attached hydrogen (secondary N) is 1. The number of aromatic nitrogens is 3. The predicted molar refractivity (Wildman–Crippen MR) is 111 cm³/mol. The fourth-order valence-electron chi connectivity index (χ4n) is 3.63.